The summed E-state index contributed by atoms with van der Waals surface area (Å²) in [6, 6.07) is 2.55. The minimum Gasteiger partial charge on any atom is -0.399 e. The number of hydrogen-bond donors (Lipinski definition) is 2. The first-order chi connectivity index (χ1) is 8.59. The van der Waals surface area contributed by atoms with Crippen molar-refractivity contribution in [2.45, 2.75) is 39.0 Å². The predicted molar refractivity (Wildman–Crippen MR) is 74.8 cm³/mol. The van der Waals surface area contributed by atoms with Crippen molar-refractivity contribution in [1.29, 1.82) is 0 Å². The Labute approximate surface area is 114 Å². The van der Waals surface area contributed by atoms with Gasteiger partial charge in [-0.1, -0.05) is 20.8 Å². The Morgan fingerprint density at radius 3 is 2.47 bits per heavy atom. The van der Waals surface area contributed by atoms with Crippen LogP contribution in [0, 0.1) is 18.2 Å². The van der Waals surface area contributed by atoms with E-state index in [1.165, 1.54) is 13.0 Å². The van der Waals surface area contributed by atoms with Crippen molar-refractivity contribution in [3.05, 3.63) is 23.5 Å². The molecule has 0 amide bonds. The van der Waals surface area contributed by atoms with Crippen LogP contribution in [-0.2, 0) is 10.0 Å². The van der Waals surface area contributed by atoms with E-state index in [0.29, 0.717) is 0 Å². The molecule has 0 unspecified atom stereocenters. The Balaban J connectivity index is 3.08. The summed E-state index contributed by atoms with van der Waals surface area (Å²) < 4.78 is 40.6. The lowest BCUT2D eigenvalue weighted by Gasteiger charge is -2.23. The Bertz CT molecular complexity index is 568. The minimum absolute atomic E-state index is 0.182. The normalized spacial score (nSPS) is 12.7. The van der Waals surface area contributed by atoms with Gasteiger partial charge in [0.05, 0.1) is 0 Å². The molecular formula is C13H21FN2O2S. The Morgan fingerprint density at radius 2 is 1.95 bits per heavy atom. The molecule has 0 aromatic heterocycles. The summed E-state index contributed by atoms with van der Waals surface area (Å²) in [5, 5.41) is 0. The first kappa shape index (κ1) is 15.9. The number of nitrogens with one attached hydrogen (secondary N) is 1. The van der Waals surface area contributed by atoms with E-state index in [0.717, 1.165) is 12.5 Å². The fourth-order valence-corrected chi connectivity index (χ4v) is 2.88. The summed E-state index contributed by atoms with van der Waals surface area (Å²) in [7, 11) is -3.88. The summed E-state index contributed by atoms with van der Waals surface area (Å²) in [5.74, 6) is -0.754. The highest BCUT2D eigenvalue weighted by Crippen LogP contribution is 2.23. The van der Waals surface area contributed by atoms with Crippen molar-refractivity contribution in [2.75, 3.05) is 12.3 Å². The van der Waals surface area contributed by atoms with Crippen LogP contribution >= 0.6 is 0 Å². The number of benzene rings is 1. The van der Waals surface area contributed by atoms with E-state index >= 15 is 0 Å². The molecule has 0 saturated carbocycles. The lowest BCUT2D eigenvalue weighted by molar-refractivity contribution is 0.350. The summed E-state index contributed by atoms with van der Waals surface area (Å²) in [4.78, 5) is -0.392. The molecule has 108 valence electrons. The van der Waals surface area contributed by atoms with Gasteiger partial charge in [-0.25, -0.2) is 17.5 Å². The van der Waals surface area contributed by atoms with Gasteiger partial charge in [0, 0.05) is 12.2 Å². The van der Waals surface area contributed by atoms with Crippen LogP contribution in [0.4, 0.5) is 10.1 Å². The zero-order valence-electron chi connectivity index (χ0n) is 11.7. The van der Waals surface area contributed by atoms with Crippen molar-refractivity contribution >= 4 is 15.7 Å². The fourth-order valence-electron chi connectivity index (χ4n) is 1.45. The molecule has 1 aromatic rings. The molecule has 3 N–H and O–H groups in total. The highest BCUT2D eigenvalue weighted by Gasteiger charge is 2.24. The van der Waals surface area contributed by atoms with Gasteiger partial charge >= 0.3 is 0 Å². The number of nitrogens with two attached hydrogens (primary N) is 1. The van der Waals surface area contributed by atoms with Gasteiger partial charge in [0.25, 0.3) is 0 Å². The molecule has 0 aliphatic rings. The van der Waals surface area contributed by atoms with E-state index < -0.39 is 20.7 Å². The second kappa shape index (κ2) is 5.46. The maximum absolute atomic E-state index is 13.9. The van der Waals surface area contributed by atoms with Crippen LogP contribution in [0.3, 0.4) is 0 Å². The van der Waals surface area contributed by atoms with Crippen LogP contribution in [0.2, 0.25) is 0 Å². The van der Waals surface area contributed by atoms with Crippen molar-refractivity contribution in [1.82, 2.24) is 4.72 Å². The largest absolute Gasteiger partial charge is 0.399 e. The Hall–Kier alpha value is -1.14. The quantitative estimate of drug-likeness (QED) is 0.817. The van der Waals surface area contributed by atoms with Crippen molar-refractivity contribution < 1.29 is 12.8 Å². The Morgan fingerprint density at radius 1 is 1.37 bits per heavy atom. The third-order valence-corrected chi connectivity index (χ3v) is 4.63. The number of nitrogen functional groups attached to an aromatic ring is 1. The van der Waals surface area contributed by atoms with E-state index in [-0.39, 0.29) is 23.2 Å². The van der Waals surface area contributed by atoms with Crippen LogP contribution in [0.1, 0.15) is 32.8 Å². The molecule has 4 nitrogen and oxygen atoms in total. The standard InChI is InChI=1S/C13H21FN2O2S/c1-5-13(3,4)8-16-19(17,18)11-7-10(15)6-9(2)12(11)14/h6-7,16H,5,8,15H2,1-4H3. The number of hydrogen-bond acceptors (Lipinski definition) is 3. The molecule has 0 aliphatic heterocycles. The average molecular weight is 288 g/mol. The zero-order valence-corrected chi connectivity index (χ0v) is 12.6. The van der Waals surface area contributed by atoms with Gasteiger partial charge < -0.3 is 5.73 Å². The van der Waals surface area contributed by atoms with Crippen LogP contribution in [-0.4, -0.2) is 15.0 Å². The van der Waals surface area contributed by atoms with Crippen LogP contribution in [0.5, 0.6) is 0 Å². The molecule has 19 heavy (non-hydrogen) atoms. The van der Waals surface area contributed by atoms with E-state index in [4.69, 9.17) is 5.73 Å². The Kier molecular flexibility index (Phi) is 4.58. The second-order valence-electron chi connectivity index (χ2n) is 5.49. The molecule has 0 bridgehead atoms. The summed E-state index contributed by atoms with van der Waals surface area (Å²) in [5.41, 5.74) is 5.84. The maximum Gasteiger partial charge on any atom is 0.243 e. The van der Waals surface area contributed by atoms with Gasteiger partial charge in [-0.05, 0) is 36.5 Å². The topological polar surface area (TPSA) is 72.2 Å². The smallest absolute Gasteiger partial charge is 0.243 e. The van der Waals surface area contributed by atoms with Crippen molar-refractivity contribution in [3.63, 3.8) is 0 Å². The van der Waals surface area contributed by atoms with Crippen molar-refractivity contribution in [2.24, 2.45) is 5.41 Å². The molecule has 0 radical (unpaired) electrons. The fraction of sp³-hybridized carbons (Fsp3) is 0.538. The van der Waals surface area contributed by atoms with Crippen LogP contribution < -0.4 is 10.5 Å². The molecule has 6 heteroatoms. The number of rotatable bonds is 5. The van der Waals surface area contributed by atoms with Gasteiger partial charge in [-0.2, -0.15) is 0 Å². The first-order valence-electron chi connectivity index (χ1n) is 6.14. The number of halogens is 1. The molecule has 1 aromatic carbocycles. The molecule has 0 atom stereocenters. The lowest BCUT2D eigenvalue weighted by atomic mass is 9.91. The zero-order chi connectivity index (χ0) is 14.8. The number of anilines is 1. The summed E-state index contributed by atoms with van der Waals surface area (Å²) in [6.45, 7) is 7.59. The average Bonchev–Trinajstić information content (AvgIpc) is 2.31. The summed E-state index contributed by atoms with van der Waals surface area (Å²) in [6.07, 6.45) is 0.813. The minimum atomic E-state index is -3.88. The molecule has 0 fully saturated rings. The number of aryl methyl sites for hydroxylation is 1. The van der Waals surface area contributed by atoms with E-state index in [2.05, 4.69) is 4.72 Å². The maximum atomic E-state index is 13.9. The van der Waals surface area contributed by atoms with Gasteiger partial charge in [0.2, 0.25) is 10.0 Å². The van der Waals surface area contributed by atoms with Gasteiger partial charge in [0.1, 0.15) is 10.7 Å². The molecule has 0 aliphatic carbocycles. The lowest BCUT2D eigenvalue weighted by Crippen LogP contribution is -2.34. The number of sulfonamides is 1. The van der Waals surface area contributed by atoms with Crippen molar-refractivity contribution in [3.8, 4) is 0 Å². The van der Waals surface area contributed by atoms with E-state index in [1.54, 1.807) is 0 Å². The molecular weight excluding hydrogens is 267 g/mol. The molecule has 0 spiro atoms. The summed E-state index contributed by atoms with van der Waals surface area (Å²) >= 11 is 0. The molecule has 0 heterocycles. The van der Waals surface area contributed by atoms with Crippen LogP contribution in [0.15, 0.2) is 17.0 Å². The second-order valence-corrected chi connectivity index (χ2v) is 7.23. The SMILES string of the molecule is CCC(C)(C)CNS(=O)(=O)c1cc(N)cc(C)c1F. The molecule has 1 rings (SSSR count). The predicted octanol–water partition coefficient (Wildman–Crippen LogP) is 2.43. The van der Waals surface area contributed by atoms with Gasteiger partial charge in [-0.3, -0.25) is 0 Å². The van der Waals surface area contributed by atoms with Gasteiger partial charge in [0.15, 0.2) is 0 Å². The first-order valence-corrected chi connectivity index (χ1v) is 7.62. The van der Waals surface area contributed by atoms with Gasteiger partial charge in [-0.15, -0.1) is 0 Å². The van der Waals surface area contributed by atoms with E-state index in [9.17, 15) is 12.8 Å². The van der Waals surface area contributed by atoms with E-state index in [1.807, 2.05) is 20.8 Å². The monoisotopic (exact) mass is 288 g/mol. The third kappa shape index (κ3) is 3.91. The van der Waals surface area contributed by atoms with Crippen LogP contribution in [0.25, 0.3) is 0 Å². The highest BCUT2D eigenvalue weighted by atomic mass is 32.2. The molecule has 0 saturated heterocycles. The third-order valence-electron chi connectivity index (χ3n) is 3.23. The highest BCUT2D eigenvalue weighted by molar-refractivity contribution is 7.89.